The van der Waals surface area contributed by atoms with Gasteiger partial charge in [0.2, 0.25) is 0 Å². The standard InChI is InChI=1S/C17H13N3O2.ClH/c18-9-12-2-1-3-13(8-12)10-21-15-6-4-14(5-7-15)17-16(19)11-22-20-17;/h1-8,11H,10,19H2;1H. The van der Waals surface area contributed by atoms with Gasteiger partial charge in [0.15, 0.2) is 0 Å². The van der Waals surface area contributed by atoms with E-state index in [1.165, 1.54) is 6.26 Å². The third-order valence-corrected chi connectivity index (χ3v) is 3.19. The number of hydrogen-bond acceptors (Lipinski definition) is 5. The average Bonchev–Trinajstić information content (AvgIpc) is 3.00. The molecule has 0 atom stereocenters. The normalized spacial score (nSPS) is 9.70. The molecule has 3 rings (SSSR count). The van der Waals surface area contributed by atoms with Crippen molar-refractivity contribution < 1.29 is 9.26 Å². The Kier molecular flexibility index (Phi) is 5.23. The van der Waals surface area contributed by atoms with Crippen LogP contribution in [-0.4, -0.2) is 5.16 Å². The van der Waals surface area contributed by atoms with Gasteiger partial charge in [0.1, 0.15) is 30.0 Å². The molecule has 0 spiro atoms. The lowest BCUT2D eigenvalue weighted by Crippen LogP contribution is -1.96. The number of halogens is 1. The monoisotopic (exact) mass is 327 g/mol. The molecule has 0 radical (unpaired) electrons. The van der Waals surface area contributed by atoms with Crippen LogP contribution in [0.5, 0.6) is 5.75 Å². The van der Waals surface area contributed by atoms with Crippen LogP contribution in [0, 0.1) is 11.3 Å². The number of anilines is 1. The molecule has 0 saturated carbocycles. The van der Waals surface area contributed by atoms with E-state index in [1.54, 1.807) is 6.07 Å². The first-order chi connectivity index (χ1) is 10.8. The summed E-state index contributed by atoms with van der Waals surface area (Å²) in [7, 11) is 0. The summed E-state index contributed by atoms with van der Waals surface area (Å²) in [5, 5.41) is 12.7. The van der Waals surface area contributed by atoms with E-state index in [0.29, 0.717) is 23.6 Å². The largest absolute Gasteiger partial charge is 0.489 e. The van der Waals surface area contributed by atoms with Crippen LogP contribution in [0.2, 0.25) is 0 Å². The lowest BCUT2D eigenvalue weighted by atomic mass is 10.1. The zero-order chi connectivity index (χ0) is 15.4. The van der Waals surface area contributed by atoms with Crippen molar-refractivity contribution in [2.45, 2.75) is 6.61 Å². The van der Waals surface area contributed by atoms with E-state index < -0.39 is 0 Å². The van der Waals surface area contributed by atoms with Crippen LogP contribution >= 0.6 is 12.4 Å². The van der Waals surface area contributed by atoms with E-state index in [-0.39, 0.29) is 12.4 Å². The van der Waals surface area contributed by atoms with Crippen molar-refractivity contribution in [2.24, 2.45) is 0 Å². The van der Waals surface area contributed by atoms with Gasteiger partial charge in [-0.1, -0.05) is 17.3 Å². The Morgan fingerprint density at radius 2 is 1.96 bits per heavy atom. The highest BCUT2D eigenvalue weighted by Gasteiger charge is 2.07. The molecule has 0 aliphatic rings. The molecule has 0 aliphatic carbocycles. The number of hydrogen-bond donors (Lipinski definition) is 1. The summed E-state index contributed by atoms with van der Waals surface area (Å²) in [5.41, 5.74) is 9.32. The third kappa shape index (κ3) is 3.82. The molecule has 0 aliphatic heterocycles. The predicted molar refractivity (Wildman–Crippen MR) is 89.1 cm³/mol. The number of nitriles is 1. The molecule has 3 aromatic rings. The Labute approximate surface area is 139 Å². The van der Waals surface area contributed by atoms with Gasteiger partial charge in [-0.05, 0) is 42.0 Å². The van der Waals surface area contributed by atoms with Crippen LogP contribution in [-0.2, 0) is 6.61 Å². The molecule has 2 aromatic carbocycles. The van der Waals surface area contributed by atoms with Crippen molar-refractivity contribution >= 4 is 18.1 Å². The molecular formula is C17H14ClN3O2. The lowest BCUT2D eigenvalue weighted by molar-refractivity contribution is 0.306. The first-order valence-corrected chi connectivity index (χ1v) is 6.68. The van der Waals surface area contributed by atoms with Crippen molar-refractivity contribution in [3.63, 3.8) is 0 Å². The zero-order valence-electron chi connectivity index (χ0n) is 12.1. The first-order valence-electron chi connectivity index (χ1n) is 6.68. The summed E-state index contributed by atoms with van der Waals surface area (Å²) in [6.45, 7) is 0.404. The number of rotatable bonds is 4. The Morgan fingerprint density at radius 3 is 2.61 bits per heavy atom. The van der Waals surface area contributed by atoms with Gasteiger partial charge in [-0.3, -0.25) is 0 Å². The van der Waals surface area contributed by atoms with Crippen LogP contribution in [0.25, 0.3) is 11.3 Å². The van der Waals surface area contributed by atoms with E-state index in [1.807, 2.05) is 42.5 Å². The second kappa shape index (κ2) is 7.34. The van der Waals surface area contributed by atoms with Crippen LogP contribution in [0.1, 0.15) is 11.1 Å². The van der Waals surface area contributed by atoms with Gasteiger partial charge in [-0.25, -0.2) is 0 Å². The zero-order valence-corrected chi connectivity index (χ0v) is 12.9. The molecule has 0 fully saturated rings. The maximum Gasteiger partial charge on any atom is 0.147 e. The van der Waals surface area contributed by atoms with Crippen molar-refractivity contribution in [1.29, 1.82) is 5.26 Å². The summed E-state index contributed by atoms with van der Waals surface area (Å²) >= 11 is 0. The molecule has 1 heterocycles. The molecular weight excluding hydrogens is 314 g/mol. The summed E-state index contributed by atoms with van der Waals surface area (Å²) in [5.74, 6) is 0.730. The van der Waals surface area contributed by atoms with Gasteiger partial charge >= 0.3 is 0 Å². The van der Waals surface area contributed by atoms with Crippen LogP contribution in [0.15, 0.2) is 59.3 Å². The molecule has 23 heavy (non-hydrogen) atoms. The Hall–Kier alpha value is -2.97. The Morgan fingerprint density at radius 1 is 1.17 bits per heavy atom. The Bertz CT molecular complexity index is 822. The predicted octanol–water partition coefficient (Wildman–Crippen LogP) is 3.80. The summed E-state index contributed by atoms with van der Waals surface area (Å²) in [4.78, 5) is 0. The number of ether oxygens (including phenoxy) is 1. The molecule has 116 valence electrons. The summed E-state index contributed by atoms with van der Waals surface area (Å²) in [6.07, 6.45) is 1.40. The highest BCUT2D eigenvalue weighted by Crippen LogP contribution is 2.26. The van der Waals surface area contributed by atoms with Crippen LogP contribution in [0.4, 0.5) is 5.69 Å². The minimum absolute atomic E-state index is 0. The van der Waals surface area contributed by atoms with Gasteiger partial charge in [0.05, 0.1) is 11.6 Å². The molecule has 0 saturated heterocycles. The number of benzene rings is 2. The number of aromatic nitrogens is 1. The average molecular weight is 328 g/mol. The Balaban J connectivity index is 0.00000192. The fourth-order valence-electron chi connectivity index (χ4n) is 2.07. The fraction of sp³-hybridized carbons (Fsp3) is 0.0588. The molecule has 0 bridgehead atoms. The van der Waals surface area contributed by atoms with Crippen molar-refractivity contribution in [3.8, 4) is 23.1 Å². The molecule has 5 nitrogen and oxygen atoms in total. The van der Waals surface area contributed by atoms with E-state index >= 15 is 0 Å². The summed E-state index contributed by atoms with van der Waals surface area (Å²) < 4.78 is 10.5. The number of nitrogens with zero attached hydrogens (tertiary/aromatic N) is 2. The van der Waals surface area contributed by atoms with E-state index in [9.17, 15) is 0 Å². The lowest BCUT2D eigenvalue weighted by Gasteiger charge is -2.07. The summed E-state index contributed by atoms with van der Waals surface area (Å²) in [6, 6.07) is 16.9. The molecule has 6 heteroatoms. The first kappa shape index (κ1) is 16.4. The number of nitrogen functional groups attached to an aromatic ring is 1. The second-order valence-electron chi connectivity index (χ2n) is 4.74. The van der Waals surface area contributed by atoms with Gasteiger partial charge in [-0.15, -0.1) is 12.4 Å². The molecule has 2 N–H and O–H groups in total. The third-order valence-electron chi connectivity index (χ3n) is 3.19. The van der Waals surface area contributed by atoms with Crippen molar-refractivity contribution in [3.05, 3.63) is 65.9 Å². The van der Waals surface area contributed by atoms with E-state index in [2.05, 4.69) is 11.2 Å². The minimum atomic E-state index is 0. The minimum Gasteiger partial charge on any atom is -0.489 e. The van der Waals surface area contributed by atoms with Gasteiger partial charge in [0, 0.05) is 5.56 Å². The second-order valence-corrected chi connectivity index (χ2v) is 4.74. The van der Waals surface area contributed by atoms with E-state index in [4.69, 9.17) is 20.3 Å². The van der Waals surface area contributed by atoms with Gasteiger partial charge in [0.25, 0.3) is 0 Å². The maximum atomic E-state index is 8.88. The van der Waals surface area contributed by atoms with Crippen molar-refractivity contribution in [2.75, 3.05) is 5.73 Å². The number of nitrogens with two attached hydrogens (primary N) is 1. The van der Waals surface area contributed by atoms with Crippen molar-refractivity contribution in [1.82, 2.24) is 5.16 Å². The van der Waals surface area contributed by atoms with Crippen LogP contribution in [0.3, 0.4) is 0 Å². The maximum absolute atomic E-state index is 8.88. The highest BCUT2D eigenvalue weighted by molar-refractivity contribution is 5.85. The van der Waals surface area contributed by atoms with E-state index in [0.717, 1.165) is 16.9 Å². The quantitative estimate of drug-likeness (QED) is 0.787. The molecule has 0 amide bonds. The van der Waals surface area contributed by atoms with Gasteiger partial charge < -0.3 is 15.0 Å². The smallest absolute Gasteiger partial charge is 0.147 e. The topological polar surface area (TPSA) is 85.1 Å². The SMILES string of the molecule is Cl.N#Cc1cccc(COc2ccc(-c3nocc3N)cc2)c1. The fourth-order valence-corrected chi connectivity index (χ4v) is 2.07. The van der Waals surface area contributed by atoms with Gasteiger partial charge in [-0.2, -0.15) is 5.26 Å². The molecule has 1 aromatic heterocycles. The highest BCUT2D eigenvalue weighted by atomic mass is 35.5. The van der Waals surface area contributed by atoms with Crippen LogP contribution < -0.4 is 10.5 Å². The molecule has 0 unspecified atom stereocenters.